The molecule has 0 amide bonds. The van der Waals surface area contributed by atoms with Gasteiger partial charge in [0, 0.05) is 23.8 Å². The van der Waals surface area contributed by atoms with Gasteiger partial charge in [0.2, 0.25) is 0 Å². The summed E-state index contributed by atoms with van der Waals surface area (Å²) in [5.41, 5.74) is 0.505. The van der Waals surface area contributed by atoms with E-state index in [1.807, 2.05) is 34.9 Å². The molecule has 0 radical (unpaired) electrons. The highest BCUT2D eigenvalue weighted by Gasteiger charge is 2.36. The molecule has 0 aliphatic carbocycles. The van der Waals surface area contributed by atoms with Gasteiger partial charge in [0.25, 0.3) is 0 Å². The molecule has 2 rings (SSSR count). The fraction of sp³-hybridized carbons (Fsp3) is 0.600. The second-order valence-corrected chi connectivity index (χ2v) is 9.97. The number of thioether (sulfide) groups is 2. The maximum absolute atomic E-state index is 4.14. The third-order valence-corrected chi connectivity index (χ3v) is 7.98. The third kappa shape index (κ3) is 2.41. The molecular formula is C15H22S3. The standard InChI is InChI=1S/C15H22S3/c1-8-15(6,7)13-11-10(16-9(2)17-11)12(18-13)14(3,4)5/h2,8H2,1,3-7H3. The number of rotatable bonds is 2. The van der Waals surface area contributed by atoms with Gasteiger partial charge >= 0.3 is 0 Å². The average molecular weight is 299 g/mol. The van der Waals surface area contributed by atoms with Crippen LogP contribution >= 0.6 is 34.9 Å². The highest BCUT2D eigenvalue weighted by molar-refractivity contribution is 8.24. The highest BCUT2D eigenvalue weighted by atomic mass is 32.2. The van der Waals surface area contributed by atoms with Crippen molar-refractivity contribution in [1.29, 1.82) is 0 Å². The first-order valence-corrected chi connectivity index (χ1v) is 8.84. The van der Waals surface area contributed by atoms with E-state index in [-0.39, 0.29) is 10.8 Å². The normalized spacial score (nSPS) is 16.2. The van der Waals surface area contributed by atoms with Gasteiger partial charge in [0.05, 0.1) is 0 Å². The van der Waals surface area contributed by atoms with Crippen molar-refractivity contribution >= 4 is 34.9 Å². The maximum Gasteiger partial charge on any atom is 0.0428 e. The van der Waals surface area contributed by atoms with Gasteiger partial charge in [-0.2, -0.15) is 0 Å². The van der Waals surface area contributed by atoms with E-state index in [0.717, 1.165) is 0 Å². The minimum atomic E-state index is 0.231. The van der Waals surface area contributed by atoms with Crippen LogP contribution in [0.5, 0.6) is 0 Å². The number of hydrogen-bond acceptors (Lipinski definition) is 3. The van der Waals surface area contributed by atoms with Crippen LogP contribution in [-0.2, 0) is 10.8 Å². The van der Waals surface area contributed by atoms with E-state index in [1.165, 1.54) is 25.3 Å². The van der Waals surface area contributed by atoms with Gasteiger partial charge in [-0.3, -0.25) is 0 Å². The van der Waals surface area contributed by atoms with Crippen LogP contribution < -0.4 is 0 Å². The monoisotopic (exact) mass is 298 g/mol. The van der Waals surface area contributed by atoms with Crippen LogP contribution in [0.3, 0.4) is 0 Å². The molecule has 0 saturated heterocycles. The van der Waals surface area contributed by atoms with E-state index in [2.05, 4.69) is 48.1 Å². The van der Waals surface area contributed by atoms with Gasteiger partial charge in [0.15, 0.2) is 0 Å². The smallest absolute Gasteiger partial charge is 0.0428 e. The molecule has 0 N–H and O–H groups in total. The Labute approximate surface area is 124 Å². The SMILES string of the molecule is C=C1Sc2c(C(C)(C)C)sc(C(C)(C)CC)c2S1. The minimum absolute atomic E-state index is 0.231. The molecule has 1 aliphatic rings. The molecule has 1 aromatic heterocycles. The summed E-state index contributed by atoms with van der Waals surface area (Å²) in [6.07, 6.45) is 1.18. The lowest BCUT2D eigenvalue weighted by Crippen LogP contribution is -2.14. The van der Waals surface area contributed by atoms with Crippen molar-refractivity contribution < 1.29 is 0 Å². The molecule has 1 aliphatic heterocycles. The third-order valence-electron chi connectivity index (χ3n) is 3.43. The molecule has 0 fully saturated rings. The molecule has 0 saturated carbocycles. The van der Waals surface area contributed by atoms with Crippen LogP contribution in [-0.4, -0.2) is 0 Å². The predicted octanol–water partition coefficient (Wildman–Crippen LogP) is 6.40. The molecule has 0 unspecified atom stereocenters. The molecule has 0 nitrogen and oxygen atoms in total. The molecule has 100 valence electrons. The summed E-state index contributed by atoms with van der Waals surface area (Å²) in [5, 5.41) is 0. The number of hydrogen-bond donors (Lipinski definition) is 0. The van der Waals surface area contributed by atoms with Crippen molar-refractivity contribution in [3.63, 3.8) is 0 Å². The van der Waals surface area contributed by atoms with Crippen molar-refractivity contribution in [3.8, 4) is 0 Å². The quantitative estimate of drug-likeness (QED) is 0.619. The van der Waals surface area contributed by atoms with Crippen LogP contribution in [0.1, 0.15) is 57.7 Å². The zero-order valence-corrected chi connectivity index (χ0v) is 14.6. The highest BCUT2D eigenvalue weighted by Crippen LogP contribution is 2.60. The first-order chi connectivity index (χ1) is 8.16. The average Bonchev–Trinajstić information content (AvgIpc) is 2.72. The van der Waals surface area contributed by atoms with E-state index < -0.39 is 0 Å². The second kappa shape index (κ2) is 4.60. The Morgan fingerprint density at radius 3 is 1.89 bits per heavy atom. The number of thiophene rings is 1. The van der Waals surface area contributed by atoms with E-state index >= 15 is 0 Å². The maximum atomic E-state index is 4.14. The van der Waals surface area contributed by atoms with Gasteiger partial charge < -0.3 is 0 Å². The summed E-state index contributed by atoms with van der Waals surface area (Å²) in [7, 11) is 0. The summed E-state index contributed by atoms with van der Waals surface area (Å²) >= 11 is 5.77. The zero-order valence-electron chi connectivity index (χ0n) is 12.1. The Kier molecular flexibility index (Phi) is 3.72. The molecule has 18 heavy (non-hydrogen) atoms. The van der Waals surface area contributed by atoms with Gasteiger partial charge in [-0.1, -0.05) is 71.6 Å². The van der Waals surface area contributed by atoms with Crippen LogP contribution in [0.25, 0.3) is 0 Å². The van der Waals surface area contributed by atoms with Gasteiger partial charge in [-0.05, 0) is 17.3 Å². The lowest BCUT2D eigenvalue weighted by molar-refractivity contribution is 0.507. The van der Waals surface area contributed by atoms with E-state index in [0.29, 0.717) is 0 Å². The van der Waals surface area contributed by atoms with Crippen molar-refractivity contribution in [2.75, 3.05) is 0 Å². The van der Waals surface area contributed by atoms with Crippen LogP contribution in [0.2, 0.25) is 0 Å². The van der Waals surface area contributed by atoms with Crippen molar-refractivity contribution in [2.45, 2.75) is 68.6 Å². The number of fused-ring (bicyclic) bond motifs is 1. The lowest BCUT2D eigenvalue weighted by Gasteiger charge is -2.23. The molecule has 0 atom stereocenters. The van der Waals surface area contributed by atoms with E-state index in [1.54, 1.807) is 4.88 Å². The van der Waals surface area contributed by atoms with Gasteiger partial charge in [-0.15, -0.1) is 11.3 Å². The lowest BCUT2D eigenvalue weighted by atomic mass is 9.88. The molecule has 2 heterocycles. The Hall–Kier alpha value is 0.140. The molecular weight excluding hydrogens is 276 g/mol. The molecule has 1 aromatic rings. The van der Waals surface area contributed by atoms with Crippen LogP contribution in [0.15, 0.2) is 20.6 Å². The first kappa shape index (κ1) is 14.5. The fourth-order valence-corrected chi connectivity index (χ4v) is 6.41. The molecule has 0 spiro atoms. The fourth-order valence-electron chi connectivity index (χ4n) is 1.93. The van der Waals surface area contributed by atoms with Crippen LogP contribution in [0.4, 0.5) is 0 Å². The van der Waals surface area contributed by atoms with Crippen molar-refractivity contribution in [3.05, 3.63) is 20.6 Å². The molecule has 0 bridgehead atoms. The van der Waals surface area contributed by atoms with E-state index in [4.69, 9.17) is 0 Å². The Bertz CT molecular complexity index is 487. The molecule has 3 heteroatoms. The molecule has 0 aromatic carbocycles. The summed E-state index contributed by atoms with van der Waals surface area (Å²) in [6.45, 7) is 18.1. The minimum Gasteiger partial charge on any atom is -0.142 e. The largest absolute Gasteiger partial charge is 0.142 e. The Balaban J connectivity index is 2.62. The van der Waals surface area contributed by atoms with Crippen LogP contribution in [0, 0.1) is 0 Å². The Morgan fingerprint density at radius 2 is 1.44 bits per heavy atom. The predicted molar refractivity (Wildman–Crippen MR) is 87.2 cm³/mol. The first-order valence-electron chi connectivity index (χ1n) is 6.39. The zero-order chi connectivity index (χ0) is 13.7. The van der Waals surface area contributed by atoms with Gasteiger partial charge in [0.1, 0.15) is 0 Å². The van der Waals surface area contributed by atoms with Crippen molar-refractivity contribution in [2.24, 2.45) is 0 Å². The van der Waals surface area contributed by atoms with Gasteiger partial charge in [-0.25, -0.2) is 0 Å². The summed E-state index contributed by atoms with van der Waals surface area (Å²) < 4.78 is 1.23. The second-order valence-electron chi connectivity index (χ2n) is 6.48. The topological polar surface area (TPSA) is 0 Å². The summed E-state index contributed by atoms with van der Waals surface area (Å²) in [6, 6.07) is 0. The summed E-state index contributed by atoms with van der Waals surface area (Å²) in [4.78, 5) is 6.07. The summed E-state index contributed by atoms with van der Waals surface area (Å²) in [5.74, 6) is 0. The Morgan fingerprint density at radius 1 is 0.944 bits per heavy atom. The van der Waals surface area contributed by atoms with E-state index in [9.17, 15) is 0 Å². The van der Waals surface area contributed by atoms with Crippen molar-refractivity contribution in [1.82, 2.24) is 0 Å².